The highest BCUT2D eigenvalue weighted by Crippen LogP contribution is 2.28. The van der Waals surface area contributed by atoms with Crippen molar-refractivity contribution >= 4 is 34.2 Å². The van der Waals surface area contributed by atoms with Crippen molar-refractivity contribution in [3.05, 3.63) is 82.0 Å². The molecule has 36 heavy (non-hydrogen) atoms. The predicted molar refractivity (Wildman–Crippen MR) is 138 cm³/mol. The summed E-state index contributed by atoms with van der Waals surface area (Å²) in [5, 5.41) is 13.4. The molecule has 1 aliphatic rings. The van der Waals surface area contributed by atoms with Crippen LogP contribution < -0.4 is 5.32 Å². The van der Waals surface area contributed by atoms with E-state index < -0.39 is 6.04 Å². The van der Waals surface area contributed by atoms with E-state index in [0.29, 0.717) is 13.1 Å². The van der Waals surface area contributed by atoms with Gasteiger partial charge in [0.15, 0.2) is 0 Å². The number of aryl methyl sites for hydroxylation is 1. The molecule has 0 aliphatic carbocycles. The zero-order chi connectivity index (χ0) is 24.9. The number of nitrogens with one attached hydrogen (secondary N) is 1. The number of carbonyl (C=O) groups is 2. The number of nitrogens with zero attached hydrogens (tertiary/aromatic N) is 4. The third-order valence-electron chi connectivity index (χ3n) is 6.50. The highest BCUT2D eigenvalue weighted by molar-refractivity contribution is 7.09. The van der Waals surface area contributed by atoms with E-state index >= 15 is 0 Å². The molecule has 1 aliphatic heterocycles. The second-order valence-corrected chi connectivity index (χ2v) is 10.0. The summed E-state index contributed by atoms with van der Waals surface area (Å²) in [4.78, 5) is 30.3. The third kappa shape index (κ3) is 5.32. The first kappa shape index (κ1) is 24.1. The Labute approximate surface area is 213 Å². The van der Waals surface area contributed by atoms with Crippen LogP contribution in [0, 0.1) is 6.92 Å². The van der Waals surface area contributed by atoms with Crippen LogP contribution in [0.1, 0.15) is 34.9 Å². The summed E-state index contributed by atoms with van der Waals surface area (Å²) in [6.45, 7) is 3.41. The van der Waals surface area contributed by atoms with Gasteiger partial charge in [-0.3, -0.25) is 9.59 Å². The summed E-state index contributed by atoms with van der Waals surface area (Å²) < 4.78 is 7.30. The number of aromatic nitrogens is 3. The monoisotopic (exact) mass is 503 g/mol. The molecule has 5 rings (SSSR count). The molecule has 2 aromatic carbocycles. The van der Waals surface area contributed by atoms with E-state index in [2.05, 4.69) is 15.6 Å². The molecule has 0 saturated carbocycles. The van der Waals surface area contributed by atoms with Crippen LogP contribution in [-0.4, -0.2) is 51.0 Å². The van der Waals surface area contributed by atoms with Crippen molar-refractivity contribution < 1.29 is 14.3 Å². The van der Waals surface area contributed by atoms with Crippen molar-refractivity contribution in [1.29, 1.82) is 0 Å². The standard InChI is InChI=1S/C27H29N5O3S/c1-19-8-2-3-11-22(19)26(27(34)28-16-20-9-6-14-35-20)31(17-21-10-7-15-36-21)25(33)18-32-24-13-5-4-12-23(24)29-30-32/h2-5,7-8,10-13,15,20,26H,6,9,14,16-18H2,1H3,(H,28,34)/t20-,26+/m0/s1. The maximum atomic E-state index is 13.9. The summed E-state index contributed by atoms with van der Waals surface area (Å²) in [7, 11) is 0. The molecule has 1 fully saturated rings. The van der Waals surface area contributed by atoms with Crippen LogP contribution in [0.4, 0.5) is 0 Å². The van der Waals surface area contributed by atoms with Crippen LogP contribution in [0.5, 0.6) is 0 Å². The number of rotatable bonds is 9. The van der Waals surface area contributed by atoms with Gasteiger partial charge in [-0.15, -0.1) is 16.4 Å². The van der Waals surface area contributed by atoms with Crippen LogP contribution in [-0.2, 0) is 27.4 Å². The van der Waals surface area contributed by atoms with E-state index in [1.807, 2.05) is 73.0 Å². The smallest absolute Gasteiger partial charge is 0.247 e. The molecular weight excluding hydrogens is 474 g/mol. The van der Waals surface area contributed by atoms with Crippen LogP contribution in [0.3, 0.4) is 0 Å². The molecule has 1 saturated heterocycles. The summed E-state index contributed by atoms with van der Waals surface area (Å²) in [5.41, 5.74) is 3.25. The number of para-hydroxylation sites is 1. The van der Waals surface area contributed by atoms with E-state index in [1.165, 1.54) is 0 Å². The molecule has 4 aromatic rings. The molecule has 0 unspecified atom stereocenters. The van der Waals surface area contributed by atoms with Crippen molar-refractivity contribution in [2.75, 3.05) is 13.2 Å². The lowest BCUT2D eigenvalue weighted by molar-refractivity contribution is -0.142. The van der Waals surface area contributed by atoms with E-state index in [-0.39, 0.29) is 24.5 Å². The van der Waals surface area contributed by atoms with Crippen LogP contribution in [0.2, 0.25) is 0 Å². The lowest BCUT2D eigenvalue weighted by Gasteiger charge is -2.32. The second kappa shape index (κ2) is 11.0. The maximum Gasteiger partial charge on any atom is 0.247 e. The number of hydrogen-bond acceptors (Lipinski definition) is 6. The van der Waals surface area contributed by atoms with Gasteiger partial charge in [0.1, 0.15) is 18.1 Å². The minimum Gasteiger partial charge on any atom is -0.376 e. The van der Waals surface area contributed by atoms with Crippen molar-refractivity contribution in [3.8, 4) is 0 Å². The van der Waals surface area contributed by atoms with E-state index in [0.717, 1.165) is 46.5 Å². The number of ether oxygens (including phenoxy) is 1. The van der Waals surface area contributed by atoms with E-state index in [1.54, 1.807) is 20.9 Å². The first-order valence-corrected chi connectivity index (χ1v) is 13.0. The highest BCUT2D eigenvalue weighted by Gasteiger charge is 2.33. The van der Waals surface area contributed by atoms with Crippen LogP contribution in [0.15, 0.2) is 66.0 Å². The van der Waals surface area contributed by atoms with Crippen LogP contribution in [0.25, 0.3) is 11.0 Å². The number of amides is 2. The fraction of sp³-hybridized carbons (Fsp3) is 0.333. The quantitative estimate of drug-likeness (QED) is 0.375. The second-order valence-electron chi connectivity index (χ2n) is 8.98. The van der Waals surface area contributed by atoms with Gasteiger partial charge in [0.25, 0.3) is 0 Å². The Morgan fingerprint density at radius 2 is 2.00 bits per heavy atom. The van der Waals surface area contributed by atoms with Gasteiger partial charge in [-0.25, -0.2) is 4.68 Å². The zero-order valence-electron chi connectivity index (χ0n) is 20.2. The molecule has 8 nitrogen and oxygen atoms in total. The Bertz CT molecular complexity index is 1330. The Morgan fingerprint density at radius 3 is 2.78 bits per heavy atom. The van der Waals surface area contributed by atoms with Gasteiger partial charge in [0.05, 0.1) is 18.2 Å². The number of fused-ring (bicyclic) bond motifs is 1. The Kier molecular flexibility index (Phi) is 7.39. The first-order chi connectivity index (χ1) is 17.6. The molecule has 2 aromatic heterocycles. The van der Waals surface area contributed by atoms with Gasteiger partial charge in [0, 0.05) is 18.0 Å². The van der Waals surface area contributed by atoms with E-state index in [9.17, 15) is 9.59 Å². The number of carbonyl (C=O) groups excluding carboxylic acids is 2. The normalized spacial score (nSPS) is 16.2. The fourth-order valence-corrected chi connectivity index (χ4v) is 5.31. The van der Waals surface area contributed by atoms with Gasteiger partial charge in [-0.05, 0) is 54.5 Å². The van der Waals surface area contributed by atoms with Gasteiger partial charge >= 0.3 is 0 Å². The van der Waals surface area contributed by atoms with Gasteiger partial charge in [-0.2, -0.15) is 0 Å². The van der Waals surface area contributed by atoms with Gasteiger partial charge < -0.3 is 15.0 Å². The number of hydrogen-bond donors (Lipinski definition) is 1. The molecule has 1 N–H and O–H groups in total. The van der Waals surface area contributed by atoms with Gasteiger partial charge in [-0.1, -0.05) is 47.7 Å². The largest absolute Gasteiger partial charge is 0.376 e. The minimum absolute atomic E-state index is 0.00873. The average molecular weight is 504 g/mol. The molecule has 0 bridgehead atoms. The predicted octanol–water partition coefficient (Wildman–Crippen LogP) is 3.87. The SMILES string of the molecule is Cc1ccccc1[C@H](C(=O)NC[C@@H]1CCCO1)N(Cc1cccs1)C(=O)Cn1nnc2ccccc21. The van der Waals surface area contributed by atoms with Crippen molar-refractivity contribution in [1.82, 2.24) is 25.2 Å². The molecular formula is C27H29N5O3S. The lowest BCUT2D eigenvalue weighted by Crippen LogP contribution is -2.46. The summed E-state index contributed by atoms with van der Waals surface area (Å²) >= 11 is 1.56. The summed E-state index contributed by atoms with van der Waals surface area (Å²) in [6.07, 6.45) is 1.93. The Morgan fingerprint density at radius 1 is 1.17 bits per heavy atom. The van der Waals surface area contributed by atoms with Crippen molar-refractivity contribution in [2.24, 2.45) is 0 Å². The summed E-state index contributed by atoms with van der Waals surface area (Å²) in [5.74, 6) is -0.423. The third-order valence-corrected chi connectivity index (χ3v) is 7.36. The number of benzene rings is 2. The van der Waals surface area contributed by atoms with E-state index in [4.69, 9.17) is 4.74 Å². The molecule has 3 heterocycles. The van der Waals surface area contributed by atoms with Gasteiger partial charge in [0.2, 0.25) is 11.8 Å². The Hall–Kier alpha value is -3.56. The molecule has 0 radical (unpaired) electrons. The maximum absolute atomic E-state index is 13.9. The minimum atomic E-state index is -0.794. The molecule has 9 heteroatoms. The average Bonchev–Trinajstić information content (AvgIpc) is 3.67. The molecule has 186 valence electrons. The number of thiophene rings is 1. The fourth-order valence-electron chi connectivity index (χ4n) is 4.61. The first-order valence-electron chi connectivity index (χ1n) is 12.1. The molecule has 2 atom stereocenters. The Balaban J connectivity index is 1.48. The molecule has 0 spiro atoms. The van der Waals surface area contributed by atoms with Crippen molar-refractivity contribution in [2.45, 2.75) is 45.0 Å². The van der Waals surface area contributed by atoms with Crippen molar-refractivity contribution in [3.63, 3.8) is 0 Å². The lowest BCUT2D eigenvalue weighted by atomic mass is 9.98. The molecule has 2 amide bonds. The van der Waals surface area contributed by atoms with Crippen LogP contribution >= 0.6 is 11.3 Å². The summed E-state index contributed by atoms with van der Waals surface area (Å²) in [6, 6.07) is 18.4. The highest BCUT2D eigenvalue weighted by atomic mass is 32.1. The zero-order valence-corrected chi connectivity index (χ0v) is 21.0. The topological polar surface area (TPSA) is 89.4 Å².